The Bertz CT molecular complexity index is 537. The van der Waals surface area contributed by atoms with Gasteiger partial charge in [-0.3, -0.25) is 9.00 Å². The summed E-state index contributed by atoms with van der Waals surface area (Å²) < 4.78 is 12.6. The Labute approximate surface area is 129 Å². The van der Waals surface area contributed by atoms with Crippen molar-refractivity contribution >= 4 is 16.6 Å². The molecule has 0 saturated heterocycles. The van der Waals surface area contributed by atoms with Crippen LogP contribution in [0.3, 0.4) is 0 Å². The van der Waals surface area contributed by atoms with Crippen LogP contribution in [0.2, 0.25) is 0 Å². The summed E-state index contributed by atoms with van der Waals surface area (Å²) in [5, 5.41) is 11.1. The lowest BCUT2D eigenvalue weighted by molar-refractivity contribution is -0.136. The highest BCUT2D eigenvalue weighted by Gasteiger charge is 2.47. The summed E-state index contributed by atoms with van der Waals surface area (Å²) in [6.07, 6.45) is 1.53. The summed E-state index contributed by atoms with van der Waals surface area (Å²) in [6.45, 7) is 5.87. The third-order valence-corrected chi connectivity index (χ3v) is 6.23. The van der Waals surface area contributed by atoms with Crippen molar-refractivity contribution in [3.05, 3.63) is 29.8 Å². The zero-order chi connectivity index (χ0) is 15.6. The van der Waals surface area contributed by atoms with E-state index in [9.17, 15) is 14.1 Å². The van der Waals surface area contributed by atoms with E-state index in [1.807, 2.05) is 45.0 Å². The number of hydrogen-bond donors (Lipinski definition) is 1. The maximum Gasteiger partial charge on any atom is 0.133 e. The minimum Gasteiger partial charge on any atom is -0.388 e. The predicted molar refractivity (Wildman–Crippen MR) is 84.6 cm³/mol. The molecule has 3 nitrogen and oxygen atoms in total. The third kappa shape index (κ3) is 3.43. The first kappa shape index (κ1) is 16.4. The Morgan fingerprint density at radius 2 is 1.90 bits per heavy atom. The van der Waals surface area contributed by atoms with E-state index >= 15 is 0 Å². The molecule has 0 spiro atoms. The first-order chi connectivity index (χ1) is 9.86. The molecule has 1 fully saturated rings. The fourth-order valence-electron chi connectivity index (χ4n) is 3.20. The van der Waals surface area contributed by atoms with Crippen molar-refractivity contribution in [1.82, 2.24) is 0 Å². The Kier molecular flexibility index (Phi) is 4.99. The zero-order valence-corrected chi connectivity index (χ0v) is 13.8. The molecule has 1 aromatic carbocycles. The molecule has 1 aromatic rings. The molecule has 1 N–H and O–H groups in total. The molecule has 0 amide bonds. The average molecular weight is 308 g/mol. The number of Topliss-reactive ketones (excluding diaryl/α,β-unsaturated/α-hetero) is 1. The molecule has 21 heavy (non-hydrogen) atoms. The monoisotopic (exact) mass is 308 g/mol. The van der Waals surface area contributed by atoms with E-state index in [4.69, 9.17) is 0 Å². The average Bonchev–Trinajstić information content (AvgIpc) is 2.43. The molecule has 1 aliphatic carbocycles. The van der Waals surface area contributed by atoms with E-state index in [0.29, 0.717) is 12.8 Å². The minimum absolute atomic E-state index is 0.0943. The minimum atomic E-state index is -1.24. The maximum absolute atomic E-state index is 12.6. The number of rotatable bonds is 4. The van der Waals surface area contributed by atoms with E-state index in [1.165, 1.54) is 0 Å². The summed E-state index contributed by atoms with van der Waals surface area (Å²) >= 11 is 0. The van der Waals surface area contributed by atoms with Crippen LogP contribution >= 0.6 is 0 Å². The second kappa shape index (κ2) is 6.41. The number of carbonyl (C=O) groups excluding carboxylic acids is 1. The summed E-state index contributed by atoms with van der Waals surface area (Å²) in [5.74, 6) is 0.185. The fraction of sp³-hybridized carbons (Fsp3) is 0.588. The van der Waals surface area contributed by atoms with Gasteiger partial charge < -0.3 is 5.11 Å². The van der Waals surface area contributed by atoms with Crippen LogP contribution in [0.15, 0.2) is 29.2 Å². The lowest BCUT2D eigenvalue weighted by atomic mass is 9.68. The van der Waals surface area contributed by atoms with Gasteiger partial charge in [0.25, 0.3) is 0 Å². The summed E-state index contributed by atoms with van der Waals surface area (Å²) in [7, 11) is -1.24. The van der Waals surface area contributed by atoms with Crippen LogP contribution in [0.1, 0.15) is 38.7 Å². The highest BCUT2D eigenvalue weighted by molar-refractivity contribution is 7.85. The molecule has 0 aromatic heterocycles. The molecule has 1 aliphatic rings. The molecule has 2 rings (SSSR count). The fourth-order valence-corrected chi connectivity index (χ4v) is 4.74. The van der Waals surface area contributed by atoms with Gasteiger partial charge in [-0.25, -0.2) is 0 Å². The van der Waals surface area contributed by atoms with Gasteiger partial charge in [-0.05, 0) is 30.9 Å². The number of benzene rings is 1. The maximum atomic E-state index is 12.6. The molecule has 0 aliphatic heterocycles. The molecule has 4 heteroatoms. The standard InChI is InChI=1S/C17H24O3S/c1-4-14-10-15(18)9-13(3)17(14,19)11-21(20)16-7-5-12(2)6-8-16/h5-8,13-14,19H,4,9-11H2,1-3H3/t13-,14+,17-,21+/m0/s1. The van der Waals surface area contributed by atoms with Crippen LogP contribution in [0, 0.1) is 18.8 Å². The topological polar surface area (TPSA) is 54.4 Å². The Hall–Kier alpha value is -1.00. The molecule has 0 bridgehead atoms. The van der Waals surface area contributed by atoms with Crippen molar-refractivity contribution in [2.45, 2.75) is 50.5 Å². The van der Waals surface area contributed by atoms with Gasteiger partial charge in [0.1, 0.15) is 5.78 Å². The molecule has 116 valence electrons. The van der Waals surface area contributed by atoms with Crippen molar-refractivity contribution in [2.24, 2.45) is 11.8 Å². The number of hydrogen-bond acceptors (Lipinski definition) is 3. The largest absolute Gasteiger partial charge is 0.388 e. The third-order valence-electron chi connectivity index (χ3n) is 4.71. The lowest BCUT2D eigenvalue weighted by Crippen LogP contribution is -2.52. The van der Waals surface area contributed by atoms with Crippen molar-refractivity contribution < 1.29 is 14.1 Å². The number of ketones is 1. The van der Waals surface area contributed by atoms with Crippen LogP contribution in [-0.2, 0) is 15.6 Å². The van der Waals surface area contributed by atoms with Gasteiger partial charge in [-0.1, -0.05) is 38.0 Å². The van der Waals surface area contributed by atoms with Gasteiger partial charge in [0.15, 0.2) is 0 Å². The van der Waals surface area contributed by atoms with E-state index < -0.39 is 16.4 Å². The lowest BCUT2D eigenvalue weighted by Gasteiger charge is -2.43. The van der Waals surface area contributed by atoms with Crippen LogP contribution in [0.25, 0.3) is 0 Å². The molecule has 4 atom stereocenters. The Morgan fingerprint density at radius 3 is 2.48 bits per heavy atom. The molecule has 0 heterocycles. The van der Waals surface area contributed by atoms with Crippen molar-refractivity contribution in [1.29, 1.82) is 0 Å². The second-order valence-electron chi connectivity index (χ2n) is 6.25. The molecule has 0 unspecified atom stereocenters. The van der Waals surface area contributed by atoms with Crippen molar-refractivity contribution in [3.63, 3.8) is 0 Å². The molecular weight excluding hydrogens is 284 g/mol. The van der Waals surface area contributed by atoms with Gasteiger partial charge in [0.05, 0.1) is 22.2 Å². The van der Waals surface area contributed by atoms with Gasteiger partial charge in [0.2, 0.25) is 0 Å². The Morgan fingerprint density at radius 1 is 1.29 bits per heavy atom. The Balaban J connectivity index is 2.20. The van der Waals surface area contributed by atoms with Crippen LogP contribution in [0.5, 0.6) is 0 Å². The van der Waals surface area contributed by atoms with Crippen LogP contribution < -0.4 is 0 Å². The van der Waals surface area contributed by atoms with Gasteiger partial charge in [-0.2, -0.15) is 0 Å². The summed E-state index contributed by atoms with van der Waals surface area (Å²) in [4.78, 5) is 12.5. The van der Waals surface area contributed by atoms with E-state index in [2.05, 4.69) is 0 Å². The number of carbonyl (C=O) groups is 1. The van der Waals surface area contributed by atoms with Crippen molar-refractivity contribution in [3.8, 4) is 0 Å². The summed E-state index contributed by atoms with van der Waals surface area (Å²) in [5.41, 5.74) is 0.107. The molecular formula is C17H24O3S. The normalized spacial score (nSPS) is 31.1. The highest BCUT2D eigenvalue weighted by atomic mass is 32.2. The van der Waals surface area contributed by atoms with E-state index in [-0.39, 0.29) is 23.4 Å². The van der Waals surface area contributed by atoms with E-state index in [0.717, 1.165) is 16.9 Å². The van der Waals surface area contributed by atoms with E-state index in [1.54, 1.807) is 0 Å². The predicted octanol–water partition coefficient (Wildman–Crippen LogP) is 2.86. The SMILES string of the molecule is CC[C@@H]1CC(=O)C[C@H](C)[C@@]1(O)C[S@@](=O)c1ccc(C)cc1. The van der Waals surface area contributed by atoms with Crippen LogP contribution in [-0.4, -0.2) is 26.5 Å². The van der Waals surface area contributed by atoms with Gasteiger partial charge in [-0.15, -0.1) is 0 Å². The van der Waals surface area contributed by atoms with Crippen molar-refractivity contribution in [2.75, 3.05) is 5.75 Å². The van der Waals surface area contributed by atoms with Gasteiger partial charge >= 0.3 is 0 Å². The summed E-state index contributed by atoms with van der Waals surface area (Å²) in [6, 6.07) is 7.58. The van der Waals surface area contributed by atoms with Crippen LogP contribution in [0.4, 0.5) is 0 Å². The first-order valence-electron chi connectivity index (χ1n) is 7.56. The first-order valence-corrected chi connectivity index (χ1v) is 8.87. The molecule has 1 saturated carbocycles. The smallest absolute Gasteiger partial charge is 0.133 e. The quantitative estimate of drug-likeness (QED) is 0.930. The second-order valence-corrected chi connectivity index (χ2v) is 7.70. The number of aryl methyl sites for hydroxylation is 1. The van der Waals surface area contributed by atoms with Gasteiger partial charge in [0, 0.05) is 17.7 Å². The highest BCUT2D eigenvalue weighted by Crippen LogP contribution is 2.39. The molecule has 0 radical (unpaired) electrons. The number of aliphatic hydroxyl groups is 1. The zero-order valence-electron chi connectivity index (χ0n) is 13.0.